The standard InChI is InChI=1S/C24H26N2O4S/c1-4-30-21-14-12-19(13-15-21)18(3)25-24(27)20-11-10-17(2)23(16-20)26-31(28,29)22-8-6-5-7-9-22/h5-16,18,26H,4H2,1-3H3,(H,25,27). The van der Waals surface area contributed by atoms with Crippen LogP contribution in [0.4, 0.5) is 5.69 Å². The lowest BCUT2D eigenvalue weighted by molar-refractivity contribution is 0.0940. The van der Waals surface area contributed by atoms with Crippen molar-refractivity contribution in [2.45, 2.75) is 31.7 Å². The Hall–Kier alpha value is -3.32. The van der Waals surface area contributed by atoms with Crippen LogP contribution >= 0.6 is 0 Å². The molecule has 3 aromatic rings. The van der Waals surface area contributed by atoms with Crippen LogP contribution in [0, 0.1) is 6.92 Å². The normalized spacial score (nSPS) is 12.1. The highest BCUT2D eigenvalue weighted by Gasteiger charge is 2.17. The Bertz CT molecular complexity index is 1140. The molecule has 0 bridgehead atoms. The molecule has 1 atom stereocenters. The van der Waals surface area contributed by atoms with E-state index in [0.29, 0.717) is 17.9 Å². The maximum absolute atomic E-state index is 12.8. The largest absolute Gasteiger partial charge is 0.494 e. The molecule has 0 radical (unpaired) electrons. The third kappa shape index (κ3) is 5.64. The molecule has 0 spiro atoms. The zero-order chi connectivity index (χ0) is 22.4. The Morgan fingerprint density at radius 2 is 1.68 bits per heavy atom. The van der Waals surface area contributed by atoms with E-state index in [0.717, 1.165) is 16.9 Å². The van der Waals surface area contributed by atoms with E-state index in [9.17, 15) is 13.2 Å². The van der Waals surface area contributed by atoms with E-state index in [1.54, 1.807) is 43.3 Å². The second-order valence-corrected chi connectivity index (χ2v) is 8.83. The number of hydrogen-bond acceptors (Lipinski definition) is 4. The molecule has 1 amide bonds. The monoisotopic (exact) mass is 438 g/mol. The molecule has 6 nitrogen and oxygen atoms in total. The van der Waals surface area contributed by atoms with Gasteiger partial charge in [0.1, 0.15) is 5.75 Å². The van der Waals surface area contributed by atoms with Crippen molar-refractivity contribution < 1.29 is 17.9 Å². The summed E-state index contributed by atoms with van der Waals surface area (Å²) in [4.78, 5) is 12.9. The average Bonchev–Trinajstić information content (AvgIpc) is 2.76. The summed E-state index contributed by atoms with van der Waals surface area (Å²) in [5, 5.41) is 2.95. The minimum atomic E-state index is -3.75. The van der Waals surface area contributed by atoms with Gasteiger partial charge in [0.25, 0.3) is 15.9 Å². The number of sulfonamides is 1. The van der Waals surface area contributed by atoms with Crippen LogP contribution in [0.2, 0.25) is 0 Å². The maximum Gasteiger partial charge on any atom is 0.261 e. The van der Waals surface area contributed by atoms with Crippen molar-refractivity contribution >= 4 is 21.6 Å². The van der Waals surface area contributed by atoms with Crippen LogP contribution in [0.15, 0.2) is 77.7 Å². The van der Waals surface area contributed by atoms with Crippen LogP contribution in [0.3, 0.4) is 0 Å². The van der Waals surface area contributed by atoms with E-state index >= 15 is 0 Å². The zero-order valence-corrected chi connectivity index (χ0v) is 18.6. The van der Waals surface area contributed by atoms with E-state index in [2.05, 4.69) is 10.0 Å². The van der Waals surface area contributed by atoms with Gasteiger partial charge in [0.2, 0.25) is 0 Å². The van der Waals surface area contributed by atoms with Gasteiger partial charge in [-0.15, -0.1) is 0 Å². The Morgan fingerprint density at radius 3 is 2.32 bits per heavy atom. The fourth-order valence-electron chi connectivity index (χ4n) is 3.06. The molecule has 0 saturated carbocycles. The summed E-state index contributed by atoms with van der Waals surface area (Å²) in [6.45, 7) is 6.19. The topological polar surface area (TPSA) is 84.5 Å². The van der Waals surface area contributed by atoms with E-state index in [4.69, 9.17) is 4.74 Å². The molecule has 0 aliphatic heterocycles. The number of benzene rings is 3. The van der Waals surface area contributed by atoms with Crippen molar-refractivity contribution in [1.29, 1.82) is 0 Å². The Morgan fingerprint density at radius 1 is 1.00 bits per heavy atom. The summed E-state index contributed by atoms with van der Waals surface area (Å²) >= 11 is 0. The quantitative estimate of drug-likeness (QED) is 0.535. The van der Waals surface area contributed by atoms with Gasteiger partial charge < -0.3 is 10.1 Å². The third-order valence-electron chi connectivity index (χ3n) is 4.84. The van der Waals surface area contributed by atoms with E-state index in [-0.39, 0.29) is 16.8 Å². The van der Waals surface area contributed by atoms with Gasteiger partial charge in [-0.2, -0.15) is 0 Å². The first-order valence-corrected chi connectivity index (χ1v) is 11.5. The lowest BCUT2D eigenvalue weighted by Crippen LogP contribution is -2.26. The van der Waals surface area contributed by atoms with Crippen LogP contribution < -0.4 is 14.8 Å². The van der Waals surface area contributed by atoms with Crippen LogP contribution in [0.5, 0.6) is 5.75 Å². The SMILES string of the molecule is CCOc1ccc(C(C)NC(=O)c2ccc(C)c(NS(=O)(=O)c3ccccc3)c2)cc1. The minimum absolute atomic E-state index is 0.161. The summed E-state index contributed by atoms with van der Waals surface area (Å²) in [6, 6.07) is 20.4. The maximum atomic E-state index is 12.8. The van der Waals surface area contributed by atoms with Crippen molar-refractivity contribution in [2.24, 2.45) is 0 Å². The molecular formula is C24H26N2O4S. The molecule has 3 aromatic carbocycles. The van der Waals surface area contributed by atoms with Crippen molar-refractivity contribution in [3.05, 3.63) is 89.5 Å². The van der Waals surface area contributed by atoms with Crippen molar-refractivity contribution in [3.8, 4) is 5.75 Å². The number of ether oxygens (including phenoxy) is 1. The summed E-state index contributed by atoms with van der Waals surface area (Å²) in [7, 11) is -3.75. The molecule has 0 aromatic heterocycles. The Balaban J connectivity index is 1.75. The van der Waals surface area contributed by atoms with Crippen molar-refractivity contribution in [1.82, 2.24) is 5.32 Å². The highest BCUT2D eigenvalue weighted by atomic mass is 32.2. The highest BCUT2D eigenvalue weighted by molar-refractivity contribution is 7.92. The molecule has 7 heteroatoms. The number of aryl methyl sites for hydroxylation is 1. The third-order valence-corrected chi connectivity index (χ3v) is 6.22. The minimum Gasteiger partial charge on any atom is -0.494 e. The van der Waals surface area contributed by atoms with Crippen LogP contribution in [-0.2, 0) is 10.0 Å². The summed E-state index contributed by atoms with van der Waals surface area (Å²) in [6.07, 6.45) is 0. The van der Waals surface area contributed by atoms with Gasteiger partial charge in [0, 0.05) is 5.56 Å². The molecule has 0 heterocycles. The number of hydrogen-bond donors (Lipinski definition) is 2. The fourth-order valence-corrected chi connectivity index (χ4v) is 4.20. The fraction of sp³-hybridized carbons (Fsp3) is 0.208. The number of nitrogens with one attached hydrogen (secondary N) is 2. The first-order valence-electron chi connectivity index (χ1n) is 10.0. The average molecular weight is 439 g/mol. The van der Waals surface area contributed by atoms with Crippen molar-refractivity contribution in [2.75, 3.05) is 11.3 Å². The molecule has 0 aliphatic carbocycles. The predicted molar refractivity (Wildman–Crippen MR) is 122 cm³/mol. The van der Waals surface area contributed by atoms with Crippen LogP contribution in [0.1, 0.15) is 41.4 Å². The molecule has 162 valence electrons. The van der Waals surface area contributed by atoms with Crippen LogP contribution in [-0.4, -0.2) is 20.9 Å². The first-order chi connectivity index (χ1) is 14.8. The van der Waals surface area contributed by atoms with Gasteiger partial charge in [-0.3, -0.25) is 9.52 Å². The van der Waals surface area contributed by atoms with Crippen LogP contribution in [0.25, 0.3) is 0 Å². The molecule has 3 rings (SSSR count). The van der Waals surface area contributed by atoms with Gasteiger partial charge in [-0.1, -0.05) is 36.4 Å². The number of carbonyl (C=O) groups is 1. The van der Waals surface area contributed by atoms with E-state index in [1.165, 1.54) is 12.1 Å². The second-order valence-electron chi connectivity index (χ2n) is 7.15. The lowest BCUT2D eigenvalue weighted by atomic mass is 10.1. The van der Waals surface area contributed by atoms with Gasteiger partial charge in [0.15, 0.2) is 0 Å². The number of rotatable bonds is 8. The molecule has 2 N–H and O–H groups in total. The first kappa shape index (κ1) is 22.4. The number of amides is 1. The number of carbonyl (C=O) groups excluding carboxylic acids is 1. The van der Waals surface area contributed by atoms with E-state index < -0.39 is 10.0 Å². The zero-order valence-electron chi connectivity index (χ0n) is 17.8. The molecule has 0 aliphatic rings. The van der Waals surface area contributed by atoms with Gasteiger partial charge in [-0.05, 0) is 68.3 Å². The molecule has 0 saturated heterocycles. The van der Waals surface area contributed by atoms with Gasteiger partial charge >= 0.3 is 0 Å². The molecule has 31 heavy (non-hydrogen) atoms. The number of anilines is 1. The Labute approximate surface area is 183 Å². The molecular weight excluding hydrogens is 412 g/mol. The van der Waals surface area contributed by atoms with Crippen molar-refractivity contribution in [3.63, 3.8) is 0 Å². The summed E-state index contributed by atoms with van der Waals surface area (Å²) in [5.74, 6) is 0.486. The smallest absolute Gasteiger partial charge is 0.261 e. The summed E-state index contributed by atoms with van der Waals surface area (Å²) < 4.78 is 33.3. The van der Waals surface area contributed by atoms with Gasteiger partial charge in [0.05, 0.1) is 23.2 Å². The predicted octanol–water partition coefficient (Wildman–Crippen LogP) is 4.69. The molecule has 0 fully saturated rings. The van der Waals surface area contributed by atoms with Gasteiger partial charge in [-0.25, -0.2) is 8.42 Å². The second kappa shape index (κ2) is 9.66. The molecule has 1 unspecified atom stereocenters. The lowest BCUT2D eigenvalue weighted by Gasteiger charge is -2.16. The highest BCUT2D eigenvalue weighted by Crippen LogP contribution is 2.22. The Kier molecular flexibility index (Phi) is 6.97. The van der Waals surface area contributed by atoms with E-state index in [1.807, 2.05) is 38.1 Å². The summed E-state index contributed by atoms with van der Waals surface area (Å²) in [5.41, 5.74) is 2.39.